The summed E-state index contributed by atoms with van der Waals surface area (Å²) in [6.45, 7) is 0.206. The summed E-state index contributed by atoms with van der Waals surface area (Å²) in [4.78, 5) is 37.9. The average molecular weight is 398 g/mol. The normalized spacial score (nSPS) is 21.5. The Morgan fingerprint density at radius 3 is 2.83 bits per heavy atom. The van der Waals surface area contributed by atoms with Crippen molar-refractivity contribution in [3.63, 3.8) is 0 Å². The summed E-state index contributed by atoms with van der Waals surface area (Å²) in [5.41, 5.74) is 2.02. The molecule has 0 unspecified atom stereocenters. The predicted molar refractivity (Wildman–Crippen MR) is 103 cm³/mol. The van der Waals surface area contributed by atoms with Gasteiger partial charge in [-0.3, -0.25) is 19.7 Å². The monoisotopic (exact) mass is 398 g/mol. The number of piperidine rings is 1. The van der Waals surface area contributed by atoms with Gasteiger partial charge in [0.1, 0.15) is 6.02 Å². The number of nitrogens with one attached hydrogen (secondary N) is 2. The van der Waals surface area contributed by atoms with E-state index in [0.29, 0.717) is 22.4 Å². The fraction of sp³-hybridized carbons (Fsp3) is 0.286. The number of hydrogen-bond donors (Lipinski definition) is 2. The van der Waals surface area contributed by atoms with Crippen molar-refractivity contribution in [3.8, 4) is 5.75 Å². The van der Waals surface area contributed by atoms with Crippen LogP contribution in [0.25, 0.3) is 0 Å². The van der Waals surface area contributed by atoms with Crippen molar-refractivity contribution < 1.29 is 24.9 Å². The molecule has 0 spiro atoms. The van der Waals surface area contributed by atoms with E-state index in [-0.39, 0.29) is 31.7 Å². The van der Waals surface area contributed by atoms with Crippen molar-refractivity contribution in [3.05, 3.63) is 58.9 Å². The Morgan fingerprint density at radius 2 is 2.07 bits per heavy atom. The number of carbonyl (C=O) groups is 3. The highest BCUT2D eigenvalue weighted by Gasteiger charge is 2.39. The molecule has 2 aromatic carbocycles. The molecule has 8 heteroatoms. The van der Waals surface area contributed by atoms with E-state index in [1.54, 1.807) is 30.3 Å². The van der Waals surface area contributed by atoms with Crippen LogP contribution in [0.1, 0.15) is 35.7 Å². The molecule has 0 aromatic heterocycles. The molecule has 1 atom stereocenters. The van der Waals surface area contributed by atoms with Gasteiger partial charge in [0, 0.05) is 41.9 Å². The largest absolute Gasteiger partial charge is 0.494 e. The summed E-state index contributed by atoms with van der Waals surface area (Å²) < 4.78 is 28.0. The zero-order valence-electron chi connectivity index (χ0n) is 16.8. The Labute approximate surface area is 168 Å². The lowest BCUT2D eigenvalue weighted by atomic mass is 10.0. The van der Waals surface area contributed by atoms with Gasteiger partial charge in [-0.2, -0.15) is 0 Å². The number of methoxy groups -OCH3 is 1. The molecule has 2 heterocycles. The predicted octanol–water partition coefficient (Wildman–Crippen LogP) is 2.21. The van der Waals surface area contributed by atoms with Gasteiger partial charge in [-0.1, -0.05) is 18.2 Å². The number of halogens is 1. The van der Waals surface area contributed by atoms with Gasteiger partial charge in [0.15, 0.2) is 11.6 Å². The Kier molecular flexibility index (Phi) is 4.59. The van der Waals surface area contributed by atoms with Crippen LogP contribution in [0.2, 0.25) is 0 Å². The number of amides is 3. The van der Waals surface area contributed by atoms with Crippen molar-refractivity contribution >= 4 is 23.4 Å². The molecule has 2 N–H and O–H groups in total. The van der Waals surface area contributed by atoms with Gasteiger partial charge in [-0.15, -0.1) is 0 Å². The van der Waals surface area contributed by atoms with Crippen LogP contribution in [0, 0.1) is 5.82 Å². The fourth-order valence-electron chi connectivity index (χ4n) is 3.62. The SMILES string of the molecule is [2H][C@]1(N2Cc3c(NCc4cccc(OC)c4F)cccc3C2=O)CCC(=O)NC1=O. The third-order valence-electron chi connectivity index (χ3n) is 5.13. The average Bonchev–Trinajstić information content (AvgIpc) is 3.08. The van der Waals surface area contributed by atoms with E-state index in [9.17, 15) is 18.8 Å². The number of hydrogen-bond acceptors (Lipinski definition) is 5. The second-order valence-electron chi connectivity index (χ2n) is 6.83. The molecular weight excluding hydrogens is 377 g/mol. The van der Waals surface area contributed by atoms with Crippen LogP contribution in [-0.4, -0.2) is 35.7 Å². The molecule has 0 radical (unpaired) electrons. The van der Waals surface area contributed by atoms with Crippen LogP contribution < -0.4 is 15.4 Å². The maximum atomic E-state index is 14.4. The molecule has 150 valence electrons. The molecule has 3 amide bonds. The minimum absolute atomic E-state index is 0.00438. The van der Waals surface area contributed by atoms with Crippen molar-refractivity contribution in [2.45, 2.75) is 31.9 Å². The number of imide groups is 1. The molecular formula is C21H20FN3O4. The molecule has 0 bridgehead atoms. The summed E-state index contributed by atoms with van der Waals surface area (Å²) >= 11 is 0. The third kappa shape index (κ3) is 3.41. The maximum Gasteiger partial charge on any atom is 0.255 e. The quantitative estimate of drug-likeness (QED) is 0.754. The number of rotatable bonds is 5. The van der Waals surface area contributed by atoms with Crippen LogP contribution in [0.15, 0.2) is 36.4 Å². The summed E-state index contributed by atoms with van der Waals surface area (Å²) in [6.07, 6.45) is -0.0647. The number of ether oxygens (including phenoxy) is 1. The summed E-state index contributed by atoms with van der Waals surface area (Å²) in [5, 5.41) is 5.28. The highest BCUT2D eigenvalue weighted by atomic mass is 19.1. The number of anilines is 1. The molecule has 0 aliphatic carbocycles. The topological polar surface area (TPSA) is 87.7 Å². The van der Waals surface area contributed by atoms with Gasteiger partial charge >= 0.3 is 0 Å². The highest BCUT2D eigenvalue weighted by Crippen LogP contribution is 2.32. The maximum absolute atomic E-state index is 14.4. The third-order valence-corrected chi connectivity index (χ3v) is 5.13. The van der Waals surface area contributed by atoms with E-state index >= 15 is 0 Å². The first-order valence-corrected chi connectivity index (χ1v) is 9.18. The van der Waals surface area contributed by atoms with Crippen LogP contribution in [0.4, 0.5) is 10.1 Å². The second kappa shape index (κ2) is 7.54. The van der Waals surface area contributed by atoms with Crippen molar-refractivity contribution in [1.29, 1.82) is 0 Å². The zero-order chi connectivity index (χ0) is 21.5. The Hall–Kier alpha value is -3.42. The van der Waals surface area contributed by atoms with E-state index in [2.05, 4.69) is 10.6 Å². The van der Waals surface area contributed by atoms with Gasteiger partial charge in [0.25, 0.3) is 5.91 Å². The number of fused-ring (bicyclic) bond motifs is 1. The molecule has 2 aliphatic heterocycles. The summed E-state index contributed by atoms with van der Waals surface area (Å²) in [6, 6.07) is 8.08. The van der Waals surface area contributed by atoms with E-state index < -0.39 is 29.6 Å². The van der Waals surface area contributed by atoms with Crippen LogP contribution in [0.3, 0.4) is 0 Å². The van der Waals surface area contributed by atoms with Gasteiger partial charge in [0.2, 0.25) is 11.8 Å². The van der Waals surface area contributed by atoms with Crippen LogP contribution >= 0.6 is 0 Å². The first-order chi connectivity index (χ1) is 14.3. The Bertz CT molecular complexity index is 1060. The fourth-order valence-corrected chi connectivity index (χ4v) is 3.62. The van der Waals surface area contributed by atoms with Gasteiger partial charge < -0.3 is 15.0 Å². The lowest BCUT2D eigenvalue weighted by Gasteiger charge is -2.29. The van der Waals surface area contributed by atoms with Gasteiger partial charge in [0.05, 0.1) is 8.48 Å². The summed E-state index contributed by atoms with van der Waals surface area (Å²) in [5.74, 6) is -2.02. The molecule has 1 fully saturated rings. The molecule has 2 aromatic rings. The zero-order valence-corrected chi connectivity index (χ0v) is 15.8. The van der Waals surface area contributed by atoms with E-state index in [1.165, 1.54) is 18.1 Å². The van der Waals surface area contributed by atoms with Gasteiger partial charge in [-0.25, -0.2) is 4.39 Å². The minimum Gasteiger partial charge on any atom is -0.494 e. The molecule has 7 nitrogen and oxygen atoms in total. The Morgan fingerprint density at radius 1 is 1.28 bits per heavy atom. The highest BCUT2D eigenvalue weighted by molar-refractivity contribution is 6.06. The first kappa shape index (κ1) is 17.7. The van der Waals surface area contributed by atoms with Crippen molar-refractivity contribution in [2.75, 3.05) is 12.4 Å². The molecule has 4 rings (SSSR count). The minimum atomic E-state index is -1.85. The molecule has 2 aliphatic rings. The van der Waals surface area contributed by atoms with Crippen molar-refractivity contribution in [2.24, 2.45) is 0 Å². The van der Waals surface area contributed by atoms with Gasteiger partial charge in [-0.05, 0) is 24.6 Å². The van der Waals surface area contributed by atoms with E-state index in [4.69, 9.17) is 6.11 Å². The van der Waals surface area contributed by atoms with Crippen molar-refractivity contribution in [1.82, 2.24) is 10.2 Å². The van der Waals surface area contributed by atoms with Crippen LogP contribution in [-0.2, 0) is 22.7 Å². The Balaban J connectivity index is 1.58. The standard InChI is InChI=1S/C21H20FN3O4/c1-29-17-7-2-4-12(19(17)22)10-23-15-6-3-5-13-14(15)11-25(21(13)28)16-8-9-18(26)24-20(16)27/h2-7,16,23H,8-11H2,1H3,(H,24,26,27)/t16-/m0/s1/i16D. The lowest BCUT2D eigenvalue weighted by Crippen LogP contribution is -2.52. The molecule has 29 heavy (non-hydrogen) atoms. The molecule has 0 saturated carbocycles. The van der Waals surface area contributed by atoms with Crippen LogP contribution in [0.5, 0.6) is 5.75 Å². The van der Waals surface area contributed by atoms with E-state index in [1.807, 2.05) is 0 Å². The first-order valence-electron chi connectivity index (χ1n) is 9.68. The molecule has 1 saturated heterocycles. The summed E-state index contributed by atoms with van der Waals surface area (Å²) in [7, 11) is 1.39. The smallest absolute Gasteiger partial charge is 0.255 e. The number of nitrogens with zero attached hydrogens (tertiary/aromatic N) is 1. The van der Waals surface area contributed by atoms with E-state index in [0.717, 1.165) is 0 Å². The number of benzene rings is 2. The lowest BCUT2D eigenvalue weighted by molar-refractivity contribution is -0.136. The second-order valence-corrected chi connectivity index (χ2v) is 6.83. The number of carbonyl (C=O) groups excluding carboxylic acids is 3.